The van der Waals surface area contributed by atoms with E-state index in [0.29, 0.717) is 0 Å². The summed E-state index contributed by atoms with van der Waals surface area (Å²) in [4.78, 5) is 2.74. The molecule has 0 spiro atoms. The molecule has 2 aliphatic carbocycles. The van der Waals surface area contributed by atoms with E-state index in [4.69, 9.17) is 0 Å². The van der Waals surface area contributed by atoms with E-state index in [1.807, 2.05) is 0 Å². The van der Waals surface area contributed by atoms with E-state index < -0.39 is 0 Å². The van der Waals surface area contributed by atoms with Crippen LogP contribution in [0.15, 0.2) is 0 Å². The van der Waals surface area contributed by atoms with Crippen molar-refractivity contribution in [2.24, 2.45) is 5.92 Å². The molecule has 2 rings (SSSR count). The maximum Gasteiger partial charge on any atom is 0.0110 e. The van der Waals surface area contributed by atoms with Crippen LogP contribution in [0.2, 0.25) is 0 Å². The van der Waals surface area contributed by atoms with Crippen LogP contribution in [0.1, 0.15) is 52.4 Å². The second kappa shape index (κ2) is 6.02. The van der Waals surface area contributed by atoms with Gasteiger partial charge in [0.25, 0.3) is 0 Å². The summed E-state index contributed by atoms with van der Waals surface area (Å²) in [5.74, 6) is 0.807. The Labute approximate surface area is 101 Å². The summed E-state index contributed by atoms with van der Waals surface area (Å²) in [7, 11) is 0. The maximum atomic E-state index is 3.64. The zero-order valence-electron chi connectivity index (χ0n) is 11.0. The number of nitrogens with zero attached hydrogens (tertiary/aromatic N) is 1. The Morgan fingerprint density at radius 2 is 1.81 bits per heavy atom. The first-order chi connectivity index (χ1) is 7.75. The van der Waals surface area contributed by atoms with Gasteiger partial charge in [-0.1, -0.05) is 26.7 Å². The Hall–Kier alpha value is -0.0800. The summed E-state index contributed by atoms with van der Waals surface area (Å²) in [6.45, 7) is 8.44. The second-order valence-corrected chi connectivity index (χ2v) is 6.06. The van der Waals surface area contributed by atoms with Gasteiger partial charge in [0.2, 0.25) is 0 Å². The van der Waals surface area contributed by atoms with Gasteiger partial charge in [-0.2, -0.15) is 0 Å². The topological polar surface area (TPSA) is 15.3 Å². The van der Waals surface area contributed by atoms with E-state index in [1.54, 1.807) is 0 Å². The Bertz CT molecular complexity index is 193. The largest absolute Gasteiger partial charge is 0.313 e. The third-order valence-corrected chi connectivity index (χ3v) is 3.85. The fourth-order valence-corrected chi connectivity index (χ4v) is 2.86. The molecule has 0 atom stereocenters. The van der Waals surface area contributed by atoms with Crippen LogP contribution in [0.25, 0.3) is 0 Å². The molecule has 2 fully saturated rings. The highest BCUT2D eigenvalue weighted by molar-refractivity contribution is 4.83. The van der Waals surface area contributed by atoms with Crippen molar-refractivity contribution in [2.45, 2.75) is 64.5 Å². The van der Waals surface area contributed by atoms with Crippen molar-refractivity contribution in [3.63, 3.8) is 0 Å². The van der Waals surface area contributed by atoms with Crippen LogP contribution >= 0.6 is 0 Å². The quantitative estimate of drug-likeness (QED) is 0.715. The molecule has 0 saturated heterocycles. The van der Waals surface area contributed by atoms with Crippen LogP contribution in [-0.2, 0) is 0 Å². The van der Waals surface area contributed by atoms with Gasteiger partial charge >= 0.3 is 0 Å². The lowest BCUT2D eigenvalue weighted by atomic mass is 10.1. The number of nitrogens with one attached hydrogen (secondary N) is 1. The predicted molar refractivity (Wildman–Crippen MR) is 69.7 cm³/mol. The van der Waals surface area contributed by atoms with Gasteiger partial charge in [0.15, 0.2) is 0 Å². The fourth-order valence-electron chi connectivity index (χ4n) is 2.86. The summed E-state index contributed by atoms with van der Waals surface area (Å²) in [5, 5.41) is 3.64. The smallest absolute Gasteiger partial charge is 0.0110 e. The van der Waals surface area contributed by atoms with Crippen LogP contribution in [0.3, 0.4) is 0 Å². The first-order valence-electron chi connectivity index (χ1n) is 7.23. The lowest BCUT2D eigenvalue weighted by molar-refractivity contribution is 0.177. The van der Waals surface area contributed by atoms with Gasteiger partial charge in [-0.05, 0) is 31.6 Å². The van der Waals surface area contributed by atoms with Crippen molar-refractivity contribution < 1.29 is 0 Å². The normalized spacial score (nSPS) is 22.5. The molecule has 0 radical (unpaired) electrons. The molecule has 0 heterocycles. The molecule has 0 amide bonds. The van der Waals surface area contributed by atoms with Crippen molar-refractivity contribution in [1.82, 2.24) is 10.2 Å². The zero-order chi connectivity index (χ0) is 11.4. The highest BCUT2D eigenvalue weighted by atomic mass is 15.2. The molecule has 0 bridgehead atoms. The molecule has 0 aromatic heterocycles. The van der Waals surface area contributed by atoms with Crippen LogP contribution in [0.4, 0.5) is 0 Å². The average molecular weight is 224 g/mol. The highest BCUT2D eigenvalue weighted by Crippen LogP contribution is 2.24. The minimum Gasteiger partial charge on any atom is -0.313 e. The molecule has 0 unspecified atom stereocenters. The number of hydrogen-bond donors (Lipinski definition) is 1. The molecule has 0 aromatic rings. The van der Waals surface area contributed by atoms with E-state index in [1.165, 1.54) is 58.2 Å². The predicted octanol–water partition coefficient (Wildman–Crippen LogP) is 2.64. The van der Waals surface area contributed by atoms with Crippen molar-refractivity contribution in [3.8, 4) is 0 Å². The molecule has 1 N–H and O–H groups in total. The van der Waals surface area contributed by atoms with Crippen molar-refractivity contribution in [2.75, 3.05) is 19.6 Å². The van der Waals surface area contributed by atoms with Gasteiger partial charge in [-0.15, -0.1) is 0 Å². The van der Waals surface area contributed by atoms with Crippen LogP contribution in [-0.4, -0.2) is 36.6 Å². The Morgan fingerprint density at radius 1 is 1.12 bits per heavy atom. The summed E-state index contributed by atoms with van der Waals surface area (Å²) in [6, 6.07) is 1.76. The minimum absolute atomic E-state index is 0.807. The number of rotatable bonds is 7. The molecular formula is C14H28N2. The van der Waals surface area contributed by atoms with Crippen molar-refractivity contribution in [3.05, 3.63) is 0 Å². The molecule has 2 heteroatoms. The van der Waals surface area contributed by atoms with Crippen LogP contribution in [0.5, 0.6) is 0 Å². The monoisotopic (exact) mass is 224 g/mol. The Kier molecular flexibility index (Phi) is 4.66. The van der Waals surface area contributed by atoms with Crippen molar-refractivity contribution >= 4 is 0 Å². The molecular weight excluding hydrogens is 196 g/mol. The first kappa shape index (κ1) is 12.4. The van der Waals surface area contributed by atoms with E-state index in [9.17, 15) is 0 Å². The van der Waals surface area contributed by atoms with Gasteiger partial charge < -0.3 is 5.32 Å². The molecule has 94 valence electrons. The van der Waals surface area contributed by atoms with Gasteiger partial charge in [-0.25, -0.2) is 0 Å². The summed E-state index contributed by atoms with van der Waals surface area (Å²) < 4.78 is 0. The third kappa shape index (κ3) is 4.06. The fraction of sp³-hybridized carbons (Fsp3) is 1.00. The SMILES string of the molecule is CC(C)CN(CCNC1CC1)C1CCCC1. The Balaban J connectivity index is 1.70. The van der Waals surface area contributed by atoms with E-state index in [2.05, 4.69) is 24.1 Å². The third-order valence-electron chi connectivity index (χ3n) is 3.85. The second-order valence-electron chi connectivity index (χ2n) is 6.06. The first-order valence-corrected chi connectivity index (χ1v) is 7.23. The molecule has 0 aliphatic heterocycles. The lowest BCUT2D eigenvalue weighted by Crippen LogP contribution is -2.41. The lowest BCUT2D eigenvalue weighted by Gasteiger charge is -2.30. The number of hydrogen-bond acceptors (Lipinski definition) is 2. The molecule has 16 heavy (non-hydrogen) atoms. The molecule has 2 nitrogen and oxygen atoms in total. The highest BCUT2D eigenvalue weighted by Gasteiger charge is 2.24. The average Bonchev–Trinajstić information content (AvgIpc) is 2.90. The van der Waals surface area contributed by atoms with Crippen LogP contribution in [0, 0.1) is 5.92 Å². The maximum absolute atomic E-state index is 3.64. The Morgan fingerprint density at radius 3 is 2.38 bits per heavy atom. The van der Waals surface area contributed by atoms with E-state index >= 15 is 0 Å². The molecule has 2 aliphatic rings. The summed E-state index contributed by atoms with van der Waals surface area (Å²) >= 11 is 0. The molecule has 0 aromatic carbocycles. The van der Waals surface area contributed by atoms with Gasteiger partial charge in [-0.3, -0.25) is 4.90 Å². The van der Waals surface area contributed by atoms with Crippen LogP contribution < -0.4 is 5.32 Å². The minimum atomic E-state index is 0.807. The summed E-state index contributed by atoms with van der Waals surface area (Å²) in [6.07, 6.45) is 8.61. The van der Waals surface area contributed by atoms with Gasteiger partial charge in [0, 0.05) is 31.7 Å². The van der Waals surface area contributed by atoms with E-state index in [0.717, 1.165) is 18.0 Å². The van der Waals surface area contributed by atoms with Gasteiger partial charge in [0.1, 0.15) is 0 Å². The molecule has 2 saturated carbocycles. The van der Waals surface area contributed by atoms with E-state index in [-0.39, 0.29) is 0 Å². The summed E-state index contributed by atoms with van der Waals surface area (Å²) in [5.41, 5.74) is 0. The standard InChI is InChI=1S/C14H28N2/c1-12(2)11-16(14-5-3-4-6-14)10-9-15-13-7-8-13/h12-15H,3-11H2,1-2H3. The zero-order valence-corrected chi connectivity index (χ0v) is 11.0. The van der Waals surface area contributed by atoms with Crippen molar-refractivity contribution in [1.29, 1.82) is 0 Å². The van der Waals surface area contributed by atoms with Gasteiger partial charge in [0.05, 0.1) is 0 Å².